The van der Waals surface area contributed by atoms with Gasteiger partial charge in [-0.3, -0.25) is 9.88 Å². The summed E-state index contributed by atoms with van der Waals surface area (Å²) in [6.45, 7) is 4.41. The van der Waals surface area contributed by atoms with Crippen molar-refractivity contribution < 1.29 is 24.1 Å². The highest BCUT2D eigenvalue weighted by molar-refractivity contribution is 5.89. The zero-order valence-corrected chi connectivity index (χ0v) is 21.0. The largest absolute Gasteiger partial charge is 0.493 e. The molecule has 35 heavy (non-hydrogen) atoms. The van der Waals surface area contributed by atoms with E-state index in [4.69, 9.17) is 14.2 Å². The quantitative estimate of drug-likeness (QED) is 0.364. The lowest BCUT2D eigenvalue weighted by molar-refractivity contribution is 0.200. The minimum absolute atomic E-state index is 0.402. The molecule has 1 heterocycles. The molecule has 1 fully saturated rings. The van der Waals surface area contributed by atoms with Crippen molar-refractivity contribution in [2.45, 2.75) is 52.4 Å². The Labute approximate surface area is 206 Å². The Balaban J connectivity index is 1.64. The van der Waals surface area contributed by atoms with Crippen LogP contribution in [0.5, 0.6) is 23.0 Å². The van der Waals surface area contributed by atoms with E-state index in [0.29, 0.717) is 35.5 Å². The summed E-state index contributed by atoms with van der Waals surface area (Å²) in [6.07, 6.45) is 7.81. The van der Waals surface area contributed by atoms with Gasteiger partial charge >= 0.3 is 6.09 Å². The van der Waals surface area contributed by atoms with Gasteiger partial charge in [-0.2, -0.15) is 0 Å². The van der Waals surface area contributed by atoms with Gasteiger partial charge in [-0.05, 0) is 68.0 Å². The topological polar surface area (TPSA) is 81.1 Å². The molecule has 7 nitrogen and oxygen atoms in total. The first-order valence-electron chi connectivity index (χ1n) is 12.2. The van der Waals surface area contributed by atoms with Crippen LogP contribution in [0.4, 0.5) is 10.5 Å². The summed E-state index contributed by atoms with van der Waals surface area (Å²) >= 11 is 0. The minimum atomic E-state index is -0.911. The lowest BCUT2D eigenvalue weighted by Crippen LogP contribution is -2.34. The van der Waals surface area contributed by atoms with Crippen molar-refractivity contribution in [3.63, 3.8) is 0 Å². The molecular formula is C28H34N2O5. The predicted octanol–water partition coefficient (Wildman–Crippen LogP) is 7.12. The molecule has 1 N–H and O–H groups in total. The second kappa shape index (κ2) is 10.8. The summed E-state index contributed by atoms with van der Waals surface area (Å²) in [5.74, 6) is 2.91. The van der Waals surface area contributed by atoms with Crippen LogP contribution < -0.4 is 19.1 Å². The molecule has 3 aromatic rings. The number of benzene rings is 2. The molecule has 1 aliphatic carbocycles. The van der Waals surface area contributed by atoms with E-state index in [0.717, 1.165) is 40.6 Å². The molecule has 186 valence electrons. The maximum atomic E-state index is 12.2. The number of aromatic nitrogens is 1. The molecule has 0 atom stereocenters. The van der Waals surface area contributed by atoms with Gasteiger partial charge < -0.3 is 19.3 Å². The number of fused-ring (bicyclic) bond motifs is 1. The van der Waals surface area contributed by atoms with Crippen LogP contribution in [0.1, 0.15) is 49.7 Å². The number of carboxylic acid groups (broad SMARTS) is 1. The fourth-order valence-corrected chi connectivity index (χ4v) is 4.91. The van der Waals surface area contributed by atoms with Gasteiger partial charge in [-0.15, -0.1) is 0 Å². The highest BCUT2D eigenvalue weighted by Gasteiger charge is 2.23. The van der Waals surface area contributed by atoms with E-state index < -0.39 is 6.09 Å². The molecule has 1 aliphatic rings. The van der Waals surface area contributed by atoms with Gasteiger partial charge in [-0.1, -0.05) is 25.7 Å². The van der Waals surface area contributed by atoms with E-state index in [1.54, 1.807) is 20.4 Å². The van der Waals surface area contributed by atoms with E-state index in [1.165, 1.54) is 30.6 Å². The van der Waals surface area contributed by atoms with E-state index in [1.807, 2.05) is 44.2 Å². The molecular weight excluding hydrogens is 444 g/mol. The van der Waals surface area contributed by atoms with Crippen LogP contribution in [-0.2, 0) is 0 Å². The lowest BCUT2D eigenvalue weighted by Gasteiger charge is -2.27. The molecule has 0 radical (unpaired) electrons. The minimum Gasteiger partial charge on any atom is -0.493 e. The average molecular weight is 479 g/mol. The smallest absolute Gasteiger partial charge is 0.411 e. The maximum Gasteiger partial charge on any atom is 0.411 e. The van der Waals surface area contributed by atoms with Gasteiger partial charge in [0.25, 0.3) is 0 Å². The third-order valence-electron chi connectivity index (χ3n) is 6.86. The third kappa shape index (κ3) is 5.45. The number of hydrogen-bond acceptors (Lipinski definition) is 5. The van der Waals surface area contributed by atoms with Gasteiger partial charge in [-0.25, -0.2) is 4.79 Å². The highest BCUT2D eigenvalue weighted by atomic mass is 16.5. The zero-order chi connectivity index (χ0) is 24.9. The van der Waals surface area contributed by atoms with Crippen LogP contribution in [0, 0.1) is 19.8 Å². The van der Waals surface area contributed by atoms with E-state index >= 15 is 0 Å². The number of anilines is 1. The molecule has 0 spiro atoms. The Kier molecular flexibility index (Phi) is 7.63. The highest BCUT2D eigenvalue weighted by Crippen LogP contribution is 2.39. The van der Waals surface area contributed by atoms with E-state index in [9.17, 15) is 9.90 Å². The second-order valence-corrected chi connectivity index (χ2v) is 9.29. The molecule has 2 aromatic carbocycles. The molecule has 0 unspecified atom stereocenters. The van der Waals surface area contributed by atoms with Crippen LogP contribution in [0.2, 0.25) is 0 Å². The average Bonchev–Trinajstić information content (AvgIpc) is 3.12. The number of methoxy groups -OCH3 is 2. The van der Waals surface area contributed by atoms with Crippen molar-refractivity contribution >= 4 is 22.7 Å². The summed E-state index contributed by atoms with van der Waals surface area (Å²) < 4.78 is 17.2. The van der Waals surface area contributed by atoms with Crippen molar-refractivity contribution in [2.24, 2.45) is 5.92 Å². The van der Waals surface area contributed by atoms with Crippen molar-refractivity contribution in [1.29, 1.82) is 0 Å². The first kappa shape index (κ1) is 24.6. The molecule has 1 aromatic heterocycles. The molecule has 7 heteroatoms. The maximum absolute atomic E-state index is 12.2. The molecule has 1 saturated carbocycles. The number of rotatable bonds is 7. The Morgan fingerprint density at radius 1 is 0.943 bits per heavy atom. The van der Waals surface area contributed by atoms with Crippen LogP contribution in [0.15, 0.2) is 36.5 Å². The number of nitrogens with zero attached hydrogens (tertiary/aromatic N) is 2. The van der Waals surface area contributed by atoms with Crippen LogP contribution >= 0.6 is 0 Å². The number of ether oxygens (including phenoxy) is 3. The van der Waals surface area contributed by atoms with Gasteiger partial charge in [0.05, 0.1) is 25.4 Å². The molecule has 0 aliphatic heterocycles. The fourth-order valence-electron chi connectivity index (χ4n) is 4.91. The first-order valence-corrected chi connectivity index (χ1v) is 12.2. The fraction of sp³-hybridized carbons (Fsp3) is 0.429. The number of pyridine rings is 1. The Morgan fingerprint density at radius 2 is 1.63 bits per heavy atom. The zero-order valence-electron chi connectivity index (χ0n) is 21.0. The predicted molar refractivity (Wildman–Crippen MR) is 137 cm³/mol. The summed E-state index contributed by atoms with van der Waals surface area (Å²) in [7, 11) is 3.18. The number of hydrogen-bond donors (Lipinski definition) is 1. The number of aryl methyl sites for hydroxylation is 2. The van der Waals surface area contributed by atoms with Crippen LogP contribution in [-0.4, -0.2) is 36.9 Å². The van der Waals surface area contributed by atoms with Crippen molar-refractivity contribution in [3.8, 4) is 23.0 Å². The van der Waals surface area contributed by atoms with Crippen LogP contribution in [0.25, 0.3) is 10.9 Å². The van der Waals surface area contributed by atoms with Gasteiger partial charge in [0.2, 0.25) is 0 Å². The lowest BCUT2D eigenvalue weighted by atomic mass is 9.99. The summed E-state index contributed by atoms with van der Waals surface area (Å²) in [4.78, 5) is 18.2. The number of carbonyl (C=O) groups is 1. The standard InChI is InChI=1S/C28H34N2O5/c1-18-14-25(35-24-11-12-29-22-16-27(34-4)26(33-3)15-21(22)24)19(2)13-23(18)30(28(31)32)17-20-9-7-5-6-8-10-20/h11-16,20H,5-10,17H2,1-4H3,(H,31,32). The Bertz CT molecular complexity index is 1200. The summed E-state index contributed by atoms with van der Waals surface area (Å²) in [6, 6.07) is 9.32. The Hall–Kier alpha value is -3.48. The molecule has 0 saturated heterocycles. The normalized spacial score (nSPS) is 14.4. The van der Waals surface area contributed by atoms with Crippen molar-refractivity contribution in [3.05, 3.63) is 47.7 Å². The second-order valence-electron chi connectivity index (χ2n) is 9.29. The molecule has 4 rings (SSSR count). The van der Waals surface area contributed by atoms with Crippen molar-refractivity contribution in [1.82, 2.24) is 4.98 Å². The van der Waals surface area contributed by atoms with Gasteiger partial charge in [0, 0.05) is 24.2 Å². The van der Waals surface area contributed by atoms with E-state index in [2.05, 4.69) is 4.98 Å². The summed E-state index contributed by atoms with van der Waals surface area (Å²) in [5.41, 5.74) is 3.17. The Morgan fingerprint density at radius 3 is 2.29 bits per heavy atom. The monoisotopic (exact) mass is 478 g/mol. The van der Waals surface area contributed by atoms with Gasteiger partial charge in [0.1, 0.15) is 11.5 Å². The first-order chi connectivity index (χ1) is 16.9. The molecule has 0 bridgehead atoms. The van der Waals surface area contributed by atoms with Crippen molar-refractivity contribution in [2.75, 3.05) is 25.7 Å². The third-order valence-corrected chi connectivity index (χ3v) is 6.86. The molecule has 1 amide bonds. The SMILES string of the molecule is COc1cc2nccc(Oc3cc(C)c(N(CC4CCCCCC4)C(=O)O)cc3C)c2cc1OC. The van der Waals surface area contributed by atoms with E-state index in [-0.39, 0.29) is 0 Å². The summed E-state index contributed by atoms with van der Waals surface area (Å²) in [5, 5.41) is 10.8. The van der Waals surface area contributed by atoms with Gasteiger partial charge in [0.15, 0.2) is 11.5 Å². The number of amides is 1. The van der Waals surface area contributed by atoms with Crippen LogP contribution in [0.3, 0.4) is 0 Å².